The van der Waals surface area contributed by atoms with Crippen LogP contribution in [0.2, 0.25) is 0 Å². The third-order valence-electron chi connectivity index (χ3n) is 5.74. The molecule has 29 heavy (non-hydrogen) atoms. The smallest absolute Gasteiger partial charge is 0.411 e. The summed E-state index contributed by atoms with van der Waals surface area (Å²) in [6, 6.07) is 5.05. The van der Waals surface area contributed by atoms with Crippen LogP contribution >= 0.6 is 0 Å². The number of anilines is 2. The van der Waals surface area contributed by atoms with Crippen molar-refractivity contribution in [2.45, 2.75) is 38.0 Å². The fourth-order valence-corrected chi connectivity index (χ4v) is 5.54. The Morgan fingerprint density at radius 3 is 2.41 bits per heavy atom. The zero-order valence-electron chi connectivity index (χ0n) is 17.4. The second-order valence-electron chi connectivity index (χ2n) is 7.58. The number of piperidine rings is 1. The van der Waals surface area contributed by atoms with E-state index < -0.39 is 16.1 Å². The Hall–Kier alpha value is -1.84. The molecule has 3 rings (SSSR count). The zero-order chi connectivity index (χ0) is 20.9. The molecule has 162 valence electrons. The first-order chi connectivity index (χ1) is 14.0. The third-order valence-corrected chi connectivity index (χ3v) is 7.64. The number of hydrogen-bond acceptors (Lipinski definition) is 5. The van der Waals surface area contributed by atoms with E-state index in [2.05, 4.69) is 17.1 Å². The van der Waals surface area contributed by atoms with Crippen LogP contribution in [0.1, 0.15) is 33.1 Å². The molecule has 2 aliphatic heterocycles. The summed E-state index contributed by atoms with van der Waals surface area (Å²) in [6.07, 6.45) is 2.26. The van der Waals surface area contributed by atoms with Gasteiger partial charge in [-0.15, -0.1) is 0 Å². The Bertz CT molecular complexity index is 801. The number of carbonyl (C=O) groups excluding carboxylic acids is 1. The van der Waals surface area contributed by atoms with Gasteiger partial charge in [0.25, 0.3) is 0 Å². The summed E-state index contributed by atoms with van der Waals surface area (Å²) >= 11 is 0. The van der Waals surface area contributed by atoms with E-state index in [1.165, 1.54) is 0 Å². The summed E-state index contributed by atoms with van der Waals surface area (Å²) in [5.41, 5.74) is 1.33. The number of hydrogen-bond donors (Lipinski definition) is 2. The number of sulfonamides is 1. The second-order valence-corrected chi connectivity index (χ2v) is 9.52. The van der Waals surface area contributed by atoms with E-state index in [0.717, 1.165) is 57.7 Å². The molecule has 0 aromatic heterocycles. The lowest BCUT2D eigenvalue weighted by atomic mass is 10.2. The van der Waals surface area contributed by atoms with Gasteiger partial charge in [0.1, 0.15) is 0 Å². The summed E-state index contributed by atoms with van der Waals surface area (Å²) in [5, 5.41) is 2.76. The van der Waals surface area contributed by atoms with Gasteiger partial charge < -0.3 is 14.5 Å². The van der Waals surface area contributed by atoms with Gasteiger partial charge in [-0.2, -0.15) is 4.31 Å². The normalized spacial score (nSPS) is 19.2. The number of nitrogens with zero attached hydrogens (tertiary/aromatic N) is 2. The molecule has 2 N–H and O–H groups in total. The highest BCUT2D eigenvalue weighted by Gasteiger charge is 2.28. The van der Waals surface area contributed by atoms with Gasteiger partial charge in [-0.05, 0) is 44.9 Å². The number of rotatable bonds is 6. The van der Waals surface area contributed by atoms with Gasteiger partial charge >= 0.3 is 6.09 Å². The maximum atomic E-state index is 13.1. The van der Waals surface area contributed by atoms with Crippen molar-refractivity contribution < 1.29 is 22.8 Å². The van der Waals surface area contributed by atoms with Crippen molar-refractivity contribution in [3.63, 3.8) is 0 Å². The predicted octanol–water partition coefficient (Wildman–Crippen LogP) is 1.15. The van der Waals surface area contributed by atoms with Crippen LogP contribution in [-0.4, -0.2) is 71.2 Å². The van der Waals surface area contributed by atoms with Crippen LogP contribution in [-0.2, 0) is 14.8 Å². The highest BCUT2D eigenvalue weighted by Crippen LogP contribution is 2.31. The van der Waals surface area contributed by atoms with Gasteiger partial charge in [0.15, 0.2) is 0 Å². The van der Waals surface area contributed by atoms with Crippen LogP contribution in [0.3, 0.4) is 0 Å². The number of likely N-dealkylation sites (N-methyl/N-ethyl adjacent to an activating group) is 1. The molecule has 8 nitrogen and oxygen atoms in total. The van der Waals surface area contributed by atoms with Crippen molar-refractivity contribution in [1.82, 2.24) is 4.31 Å². The predicted molar refractivity (Wildman–Crippen MR) is 113 cm³/mol. The van der Waals surface area contributed by atoms with E-state index in [-0.39, 0.29) is 11.5 Å². The molecule has 0 aliphatic carbocycles. The first kappa shape index (κ1) is 21.9. The van der Waals surface area contributed by atoms with Crippen LogP contribution in [0.5, 0.6) is 0 Å². The molecule has 1 aromatic rings. The molecule has 0 radical (unpaired) electrons. The minimum atomic E-state index is -3.57. The summed E-state index contributed by atoms with van der Waals surface area (Å²) in [5.74, 6) is 0. The zero-order valence-corrected chi connectivity index (χ0v) is 18.3. The van der Waals surface area contributed by atoms with Crippen molar-refractivity contribution in [2.75, 3.05) is 62.6 Å². The van der Waals surface area contributed by atoms with E-state index in [9.17, 15) is 13.2 Å². The lowest BCUT2D eigenvalue weighted by Crippen LogP contribution is -3.14. The summed E-state index contributed by atoms with van der Waals surface area (Å²) in [4.78, 5) is 16.1. The van der Waals surface area contributed by atoms with Crippen LogP contribution in [0.4, 0.5) is 16.2 Å². The lowest BCUT2D eigenvalue weighted by molar-refractivity contribution is -0.898. The number of carbonyl (C=O) groups is 1. The van der Waals surface area contributed by atoms with E-state index in [4.69, 9.17) is 4.74 Å². The standard InChI is InChI=1S/C20H32N4O4S/c1-3-22-12-14-23(15-13-22)19-9-8-17(16-18(19)21-20(25)28-4-2)29(26,27)24-10-6-5-7-11-24/h8-9,16H,3-7,10-15H2,1-2H3,(H,21,25)/p+1. The van der Waals surface area contributed by atoms with E-state index >= 15 is 0 Å². The summed E-state index contributed by atoms with van der Waals surface area (Å²) in [7, 11) is -3.57. The largest absolute Gasteiger partial charge is 0.450 e. The quantitative estimate of drug-likeness (QED) is 0.715. The molecule has 2 aliphatic rings. The molecule has 1 aromatic carbocycles. The van der Waals surface area contributed by atoms with Crippen molar-refractivity contribution in [3.8, 4) is 0 Å². The molecule has 0 atom stereocenters. The minimum absolute atomic E-state index is 0.216. The van der Waals surface area contributed by atoms with Gasteiger partial charge in [0, 0.05) is 13.1 Å². The maximum Gasteiger partial charge on any atom is 0.411 e. The Morgan fingerprint density at radius 2 is 1.79 bits per heavy atom. The molecule has 0 spiro atoms. The van der Waals surface area contributed by atoms with Crippen molar-refractivity contribution in [1.29, 1.82) is 0 Å². The highest BCUT2D eigenvalue weighted by molar-refractivity contribution is 7.89. The lowest BCUT2D eigenvalue weighted by Gasteiger charge is -2.34. The van der Waals surface area contributed by atoms with Crippen molar-refractivity contribution in [3.05, 3.63) is 18.2 Å². The average molecular weight is 426 g/mol. The van der Waals surface area contributed by atoms with Gasteiger partial charge in [0.2, 0.25) is 10.0 Å². The molecule has 0 unspecified atom stereocenters. The number of benzene rings is 1. The number of nitrogens with one attached hydrogen (secondary N) is 2. The molecule has 0 saturated carbocycles. The fourth-order valence-electron chi connectivity index (χ4n) is 4.00. The Kier molecular flexibility index (Phi) is 7.37. The third kappa shape index (κ3) is 5.21. The molecule has 2 fully saturated rings. The van der Waals surface area contributed by atoms with Gasteiger partial charge in [-0.3, -0.25) is 5.32 Å². The number of piperazine rings is 1. The number of amides is 1. The Balaban J connectivity index is 1.89. The first-order valence-electron chi connectivity index (χ1n) is 10.6. The molecular weight excluding hydrogens is 392 g/mol. The van der Waals surface area contributed by atoms with Gasteiger partial charge in [0.05, 0.1) is 55.6 Å². The molecule has 0 bridgehead atoms. The molecular formula is C20H33N4O4S+. The van der Waals surface area contributed by atoms with Crippen molar-refractivity contribution in [2.24, 2.45) is 0 Å². The minimum Gasteiger partial charge on any atom is -0.450 e. The van der Waals surface area contributed by atoms with Crippen LogP contribution in [0.25, 0.3) is 0 Å². The molecule has 9 heteroatoms. The number of quaternary nitrogens is 1. The van der Waals surface area contributed by atoms with Crippen LogP contribution in [0.15, 0.2) is 23.1 Å². The Morgan fingerprint density at radius 1 is 1.10 bits per heavy atom. The van der Waals surface area contributed by atoms with Crippen molar-refractivity contribution >= 4 is 27.5 Å². The summed E-state index contributed by atoms with van der Waals surface area (Å²) < 4.78 is 32.7. The first-order valence-corrected chi connectivity index (χ1v) is 12.1. The molecule has 2 heterocycles. The van der Waals surface area contributed by atoms with E-state index in [0.29, 0.717) is 18.8 Å². The van der Waals surface area contributed by atoms with E-state index in [1.807, 2.05) is 6.07 Å². The molecule has 2 saturated heterocycles. The maximum absolute atomic E-state index is 13.1. The average Bonchev–Trinajstić information content (AvgIpc) is 2.74. The topological polar surface area (TPSA) is 83.4 Å². The van der Waals surface area contributed by atoms with Crippen LogP contribution < -0.4 is 15.1 Å². The van der Waals surface area contributed by atoms with Gasteiger partial charge in [-0.25, -0.2) is 13.2 Å². The van der Waals surface area contributed by atoms with Crippen LogP contribution in [0, 0.1) is 0 Å². The highest BCUT2D eigenvalue weighted by atomic mass is 32.2. The fraction of sp³-hybridized carbons (Fsp3) is 0.650. The molecule has 1 amide bonds. The summed E-state index contributed by atoms with van der Waals surface area (Å²) in [6.45, 7) is 10.1. The SMILES string of the molecule is CCOC(=O)Nc1cc(S(=O)(=O)N2CCCCC2)ccc1N1CC[NH+](CC)CC1. The van der Waals surface area contributed by atoms with Gasteiger partial charge in [-0.1, -0.05) is 6.42 Å². The monoisotopic (exact) mass is 425 g/mol. The second kappa shape index (κ2) is 9.77. The van der Waals surface area contributed by atoms with E-state index in [1.54, 1.807) is 28.3 Å². The number of ether oxygens (including phenoxy) is 1. The Labute approximate surface area is 173 Å².